The molecule has 0 bridgehead atoms. The number of amides is 1. The van der Waals surface area contributed by atoms with E-state index < -0.39 is 24.1 Å². The second-order valence-electron chi connectivity index (χ2n) is 6.73. The van der Waals surface area contributed by atoms with Crippen LogP contribution in [-0.2, 0) is 9.53 Å². The van der Waals surface area contributed by atoms with Gasteiger partial charge >= 0.3 is 12.1 Å². The molecular formula is C23H20BrNO5. The predicted octanol–water partition coefficient (Wildman–Crippen LogP) is 5.87. The predicted molar refractivity (Wildman–Crippen MR) is 119 cm³/mol. The highest BCUT2D eigenvalue weighted by atomic mass is 79.9. The van der Waals surface area contributed by atoms with Crippen molar-refractivity contribution in [3.05, 3.63) is 82.9 Å². The molecule has 0 aliphatic heterocycles. The van der Waals surface area contributed by atoms with Gasteiger partial charge < -0.3 is 14.9 Å². The topological polar surface area (TPSA) is 95.9 Å². The van der Waals surface area contributed by atoms with Gasteiger partial charge in [0.15, 0.2) is 0 Å². The van der Waals surface area contributed by atoms with Crippen molar-refractivity contribution in [1.29, 1.82) is 0 Å². The van der Waals surface area contributed by atoms with Gasteiger partial charge in [0, 0.05) is 33.1 Å². The number of carbonyl (C=O) groups is 2. The number of hydrogen-bond donors (Lipinski definition) is 3. The van der Waals surface area contributed by atoms with Crippen molar-refractivity contribution < 1.29 is 24.5 Å². The summed E-state index contributed by atoms with van der Waals surface area (Å²) in [5, 5.41) is 23.2. The minimum atomic E-state index is -1.09. The van der Waals surface area contributed by atoms with E-state index in [1.807, 2.05) is 12.1 Å². The summed E-state index contributed by atoms with van der Waals surface area (Å²) in [6, 6.07) is 17.5. The summed E-state index contributed by atoms with van der Waals surface area (Å²) in [4.78, 5) is 23.6. The number of halogens is 1. The van der Waals surface area contributed by atoms with Crippen LogP contribution in [0.15, 0.2) is 77.3 Å². The molecule has 0 aliphatic rings. The van der Waals surface area contributed by atoms with Crippen LogP contribution in [0.25, 0.3) is 10.8 Å². The summed E-state index contributed by atoms with van der Waals surface area (Å²) in [5.74, 6) is -1.42. The molecule has 0 aliphatic carbocycles. The van der Waals surface area contributed by atoms with Crippen LogP contribution >= 0.6 is 15.9 Å². The number of phenolic OH excluding ortho intramolecular Hbond substituents is 1. The molecule has 0 heterocycles. The van der Waals surface area contributed by atoms with E-state index in [9.17, 15) is 14.7 Å². The number of carbonyl (C=O) groups excluding carboxylic acids is 1. The van der Waals surface area contributed by atoms with Gasteiger partial charge in [-0.1, -0.05) is 59.3 Å². The van der Waals surface area contributed by atoms with Crippen molar-refractivity contribution >= 4 is 44.5 Å². The highest BCUT2D eigenvalue weighted by Gasteiger charge is 2.25. The lowest BCUT2D eigenvalue weighted by atomic mass is 9.92. The van der Waals surface area contributed by atoms with E-state index in [-0.39, 0.29) is 5.75 Å². The lowest BCUT2D eigenvalue weighted by Gasteiger charge is -2.24. The average molecular weight is 470 g/mol. The Balaban J connectivity index is 1.95. The van der Waals surface area contributed by atoms with Crippen LogP contribution in [0.5, 0.6) is 5.75 Å². The van der Waals surface area contributed by atoms with Crippen molar-refractivity contribution in [2.45, 2.75) is 13.0 Å². The fourth-order valence-corrected chi connectivity index (χ4v) is 3.40. The molecule has 3 rings (SSSR count). The molecular weight excluding hydrogens is 450 g/mol. The molecule has 30 heavy (non-hydrogen) atoms. The van der Waals surface area contributed by atoms with E-state index in [2.05, 4.69) is 21.2 Å². The molecule has 0 radical (unpaired) electrons. The van der Waals surface area contributed by atoms with Gasteiger partial charge in [0.1, 0.15) is 11.9 Å². The third-order valence-corrected chi connectivity index (χ3v) is 5.11. The molecule has 3 aromatic rings. The van der Waals surface area contributed by atoms with Gasteiger partial charge in [0.25, 0.3) is 0 Å². The number of anilines is 1. The van der Waals surface area contributed by atoms with E-state index in [1.165, 1.54) is 12.1 Å². The fraction of sp³-hybridized carbons (Fsp3) is 0.130. The monoisotopic (exact) mass is 469 g/mol. The second-order valence-corrected chi connectivity index (χ2v) is 7.65. The van der Waals surface area contributed by atoms with E-state index in [4.69, 9.17) is 9.84 Å². The standard InChI is InChI=1S/C23H20BrNO5/c1-14(6-13-21(27)28)22(30-23(29)25-16-9-7-15(24)8-10-16)19-11-12-20(26)18-5-3-2-4-17(18)19/h2-14,22,26H,1H3,(H,25,29)(H,27,28)/b13-6+/t14-,22+/m1/s1. The van der Waals surface area contributed by atoms with E-state index >= 15 is 0 Å². The summed E-state index contributed by atoms with van der Waals surface area (Å²) in [6.07, 6.45) is 1.05. The van der Waals surface area contributed by atoms with Crippen molar-refractivity contribution in [2.75, 3.05) is 5.32 Å². The molecule has 1 amide bonds. The van der Waals surface area contributed by atoms with Crippen LogP contribution in [0.4, 0.5) is 10.5 Å². The van der Waals surface area contributed by atoms with Crippen LogP contribution in [-0.4, -0.2) is 22.3 Å². The molecule has 0 aromatic heterocycles. The molecule has 0 spiro atoms. The lowest BCUT2D eigenvalue weighted by molar-refractivity contribution is -0.131. The first kappa shape index (κ1) is 21.4. The van der Waals surface area contributed by atoms with Gasteiger partial charge in [0.2, 0.25) is 0 Å². The molecule has 0 fully saturated rings. The van der Waals surface area contributed by atoms with Gasteiger partial charge in [-0.3, -0.25) is 5.32 Å². The largest absolute Gasteiger partial charge is 0.507 e. The van der Waals surface area contributed by atoms with Crippen LogP contribution in [0.3, 0.4) is 0 Å². The number of hydrogen-bond acceptors (Lipinski definition) is 4. The van der Waals surface area contributed by atoms with Crippen LogP contribution in [0, 0.1) is 5.92 Å². The zero-order valence-electron chi connectivity index (χ0n) is 16.1. The van der Waals surface area contributed by atoms with Gasteiger partial charge in [-0.2, -0.15) is 0 Å². The maximum Gasteiger partial charge on any atom is 0.412 e. The first-order chi connectivity index (χ1) is 14.3. The second kappa shape index (κ2) is 9.45. The number of fused-ring (bicyclic) bond motifs is 1. The Hall–Kier alpha value is -3.32. The highest BCUT2D eigenvalue weighted by Crippen LogP contribution is 2.36. The Morgan fingerprint density at radius 2 is 1.70 bits per heavy atom. The van der Waals surface area contributed by atoms with Crippen molar-refractivity contribution in [1.82, 2.24) is 0 Å². The minimum absolute atomic E-state index is 0.112. The summed E-state index contributed by atoms with van der Waals surface area (Å²) < 4.78 is 6.60. The van der Waals surface area contributed by atoms with E-state index in [1.54, 1.807) is 49.4 Å². The zero-order valence-corrected chi connectivity index (χ0v) is 17.7. The van der Waals surface area contributed by atoms with Gasteiger partial charge in [0.05, 0.1) is 0 Å². The Morgan fingerprint density at radius 1 is 1.03 bits per heavy atom. The summed E-state index contributed by atoms with van der Waals surface area (Å²) >= 11 is 3.34. The van der Waals surface area contributed by atoms with E-state index in [0.717, 1.165) is 15.9 Å². The number of carboxylic acid groups (broad SMARTS) is 1. The molecule has 0 saturated carbocycles. The zero-order chi connectivity index (χ0) is 21.7. The van der Waals surface area contributed by atoms with Gasteiger partial charge in [-0.25, -0.2) is 9.59 Å². The van der Waals surface area contributed by atoms with E-state index in [0.29, 0.717) is 16.6 Å². The first-order valence-electron chi connectivity index (χ1n) is 9.20. The Kier molecular flexibility index (Phi) is 6.74. The molecule has 154 valence electrons. The first-order valence-corrected chi connectivity index (χ1v) is 9.99. The number of aromatic hydroxyl groups is 1. The molecule has 0 saturated heterocycles. The Labute approximate surface area is 181 Å². The molecule has 6 nitrogen and oxygen atoms in total. The van der Waals surface area contributed by atoms with Crippen LogP contribution in [0.1, 0.15) is 18.6 Å². The summed E-state index contributed by atoms with van der Waals surface area (Å²) in [6.45, 7) is 1.76. The smallest absolute Gasteiger partial charge is 0.412 e. The van der Waals surface area contributed by atoms with Crippen LogP contribution < -0.4 is 5.32 Å². The number of benzene rings is 3. The SMILES string of the molecule is C[C@H](/C=C/C(=O)O)[C@H](OC(=O)Nc1ccc(Br)cc1)c1ccc(O)c2ccccc12. The number of aliphatic carboxylic acids is 1. The molecule has 3 N–H and O–H groups in total. The van der Waals surface area contributed by atoms with Crippen molar-refractivity contribution in [3.8, 4) is 5.75 Å². The average Bonchev–Trinajstić information content (AvgIpc) is 2.73. The number of rotatable bonds is 6. The highest BCUT2D eigenvalue weighted by molar-refractivity contribution is 9.10. The summed E-state index contributed by atoms with van der Waals surface area (Å²) in [7, 11) is 0. The molecule has 3 aromatic carbocycles. The summed E-state index contributed by atoms with van der Waals surface area (Å²) in [5.41, 5.74) is 1.23. The number of ether oxygens (including phenoxy) is 1. The molecule has 2 atom stereocenters. The minimum Gasteiger partial charge on any atom is -0.507 e. The Bertz CT molecular complexity index is 1090. The maximum atomic E-state index is 12.6. The number of phenols is 1. The quantitative estimate of drug-likeness (QED) is 0.392. The van der Waals surface area contributed by atoms with Crippen molar-refractivity contribution in [2.24, 2.45) is 5.92 Å². The Morgan fingerprint density at radius 3 is 2.37 bits per heavy atom. The number of carboxylic acids is 1. The fourth-order valence-electron chi connectivity index (χ4n) is 3.14. The van der Waals surface area contributed by atoms with Crippen molar-refractivity contribution in [3.63, 3.8) is 0 Å². The van der Waals surface area contributed by atoms with Crippen LogP contribution in [0.2, 0.25) is 0 Å². The maximum absolute atomic E-state index is 12.6. The van der Waals surface area contributed by atoms with Gasteiger partial charge in [-0.15, -0.1) is 0 Å². The normalized spacial score (nSPS) is 13.1. The molecule has 7 heteroatoms. The number of nitrogens with one attached hydrogen (secondary N) is 1. The van der Waals surface area contributed by atoms with Gasteiger partial charge in [-0.05, 0) is 35.7 Å². The third-order valence-electron chi connectivity index (χ3n) is 4.59. The lowest BCUT2D eigenvalue weighted by Crippen LogP contribution is -2.21. The third kappa shape index (κ3) is 5.18. The molecule has 0 unspecified atom stereocenters.